The van der Waals surface area contributed by atoms with Crippen molar-refractivity contribution < 1.29 is 14.3 Å². The molecule has 4 nitrogen and oxygen atoms in total. The fourth-order valence-electron chi connectivity index (χ4n) is 2.21. The van der Waals surface area contributed by atoms with Crippen molar-refractivity contribution in [2.24, 2.45) is 0 Å². The van der Waals surface area contributed by atoms with Crippen LogP contribution in [-0.4, -0.2) is 25.9 Å². The Hall–Kier alpha value is -1.91. The van der Waals surface area contributed by atoms with Crippen LogP contribution in [-0.2, 0) is 4.74 Å². The van der Waals surface area contributed by atoms with Gasteiger partial charge in [0.25, 0.3) is 0 Å². The largest absolute Gasteiger partial charge is 0.513 e. The number of rotatable bonds is 6. The number of benzene rings is 2. The van der Waals surface area contributed by atoms with E-state index in [0.717, 1.165) is 12.2 Å². The second-order valence-electron chi connectivity index (χ2n) is 5.19. The van der Waals surface area contributed by atoms with Crippen molar-refractivity contribution in [3.8, 4) is 5.75 Å². The van der Waals surface area contributed by atoms with E-state index < -0.39 is 6.16 Å². The second kappa shape index (κ2) is 8.81. The highest BCUT2D eigenvalue weighted by molar-refractivity contribution is 6.34. The summed E-state index contributed by atoms with van der Waals surface area (Å²) < 4.78 is 10.2. The summed E-state index contributed by atoms with van der Waals surface area (Å²) in [7, 11) is 0. The quantitative estimate of drug-likeness (QED) is 0.509. The molecule has 6 heteroatoms. The minimum Gasteiger partial charge on any atom is -0.432 e. The highest BCUT2D eigenvalue weighted by Gasteiger charge is 2.11. The fraction of sp³-hybridized carbons (Fsp3) is 0.278. The van der Waals surface area contributed by atoms with Gasteiger partial charge in [0.2, 0.25) is 0 Å². The molecule has 0 fully saturated rings. The lowest BCUT2D eigenvalue weighted by molar-refractivity contribution is 0.101. The van der Waals surface area contributed by atoms with Crippen LogP contribution in [0.1, 0.15) is 12.5 Å². The summed E-state index contributed by atoms with van der Waals surface area (Å²) in [5, 5.41) is 0.727. The summed E-state index contributed by atoms with van der Waals surface area (Å²) in [6, 6.07) is 12.8. The molecule has 0 amide bonds. The third-order valence-electron chi connectivity index (χ3n) is 3.42. The van der Waals surface area contributed by atoms with Gasteiger partial charge >= 0.3 is 6.16 Å². The highest BCUT2D eigenvalue weighted by Crippen LogP contribution is 2.28. The molecule has 0 saturated carbocycles. The number of carbonyl (C=O) groups excluding carboxylic acids is 1. The third-order valence-corrected chi connectivity index (χ3v) is 3.96. The second-order valence-corrected chi connectivity index (χ2v) is 6.04. The van der Waals surface area contributed by atoms with E-state index in [-0.39, 0.29) is 12.4 Å². The maximum atomic E-state index is 11.8. The van der Waals surface area contributed by atoms with Crippen LogP contribution in [0, 0.1) is 6.92 Å². The van der Waals surface area contributed by atoms with Crippen LogP contribution in [0.3, 0.4) is 0 Å². The lowest BCUT2D eigenvalue weighted by Crippen LogP contribution is -2.28. The molecule has 0 aliphatic heterocycles. The van der Waals surface area contributed by atoms with E-state index in [9.17, 15) is 4.79 Å². The number of nitrogens with zero attached hydrogens (tertiary/aromatic N) is 1. The zero-order valence-electron chi connectivity index (χ0n) is 13.6. The Morgan fingerprint density at radius 3 is 2.67 bits per heavy atom. The molecule has 0 radical (unpaired) electrons. The molecule has 24 heavy (non-hydrogen) atoms. The van der Waals surface area contributed by atoms with Crippen LogP contribution in [0.5, 0.6) is 5.75 Å². The van der Waals surface area contributed by atoms with Gasteiger partial charge in [0.1, 0.15) is 6.61 Å². The molecule has 0 aliphatic carbocycles. The maximum absolute atomic E-state index is 11.8. The van der Waals surface area contributed by atoms with Crippen molar-refractivity contribution in [3.63, 3.8) is 0 Å². The van der Waals surface area contributed by atoms with Crippen LogP contribution >= 0.6 is 23.2 Å². The first-order valence-electron chi connectivity index (χ1n) is 7.61. The maximum Gasteiger partial charge on any atom is 0.513 e. The number of hydrogen-bond acceptors (Lipinski definition) is 4. The first-order chi connectivity index (χ1) is 11.5. The van der Waals surface area contributed by atoms with Gasteiger partial charge in [0.05, 0.1) is 11.6 Å². The Balaban J connectivity index is 1.86. The molecule has 0 atom stereocenters. The number of anilines is 1. The van der Waals surface area contributed by atoms with Crippen LogP contribution < -0.4 is 9.64 Å². The molecule has 0 bridgehead atoms. The monoisotopic (exact) mass is 367 g/mol. The number of aryl methyl sites for hydroxylation is 1. The predicted molar refractivity (Wildman–Crippen MR) is 97.5 cm³/mol. The molecule has 2 rings (SSSR count). The average Bonchev–Trinajstić information content (AvgIpc) is 2.55. The molecule has 0 spiro atoms. The van der Waals surface area contributed by atoms with E-state index >= 15 is 0 Å². The van der Waals surface area contributed by atoms with Gasteiger partial charge in [-0.3, -0.25) is 0 Å². The highest BCUT2D eigenvalue weighted by atomic mass is 35.5. The Bertz CT molecular complexity index is 706. The van der Waals surface area contributed by atoms with Crippen molar-refractivity contribution in [1.82, 2.24) is 0 Å². The molecule has 0 aliphatic rings. The molecule has 2 aromatic carbocycles. The minimum atomic E-state index is -0.806. The van der Waals surface area contributed by atoms with Gasteiger partial charge < -0.3 is 14.4 Å². The Morgan fingerprint density at radius 2 is 1.96 bits per heavy atom. The first-order valence-corrected chi connectivity index (χ1v) is 8.36. The SMILES string of the molecule is CCN(CCOC(=O)Oc1cc(Cl)ccc1Cl)c1cccc(C)c1. The molecule has 0 N–H and O–H groups in total. The van der Waals surface area contributed by atoms with Crippen molar-refractivity contribution in [1.29, 1.82) is 0 Å². The number of likely N-dealkylation sites (N-methyl/N-ethyl adjacent to an activating group) is 1. The normalized spacial score (nSPS) is 10.3. The minimum absolute atomic E-state index is 0.181. The summed E-state index contributed by atoms with van der Waals surface area (Å²) in [5.41, 5.74) is 2.27. The van der Waals surface area contributed by atoms with Crippen LogP contribution in [0.15, 0.2) is 42.5 Å². The van der Waals surface area contributed by atoms with E-state index in [0.29, 0.717) is 16.6 Å². The lowest BCUT2D eigenvalue weighted by atomic mass is 10.2. The molecule has 0 heterocycles. The molecule has 2 aromatic rings. The van der Waals surface area contributed by atoms with E-state index in [2.05, 4.69) is 11.0 Å². The van der Waals surface area contributed by atoms with Crippen LogP contribution in [0.2, 0.25) is 10.0 Å². The summed E-state index contributed by atoms with van der Waals surface area (Å²) in [6.07, 6.45) is -0.806. The summed E-state index contributed by atoms with van der Waals surface area (Å²) in [6.45, 7) is 5.67. The molecule has 0 saturated heterocycles. The van der Waals surface area contributed by atoms with Gasteiger partial charge in [0.15, 0.2) is 5.75 Å². The summed E-state index contributed by atoms with van der Waals surface area (Å²) in [4.78, 5) is 13.9. The fourth-order valence-corrected chi connectivity index (χ4v) is 2.53. The van der Waals surface area contributed by atoms with Gasteiger partial charge in [-0.25, -0.2) is 4.79 Å². The Kier molecular flexibility index (Phi) is 6.76. The van der Waals surface area contributed by atoms with Gasteiger partial charge in [-0.2, -0.15) is 0 Å². The van der Waals surface area contributed by atoms with Gasteiger partial charge in [0, 0.05) is 23.3 Å². The average molecular weight is 368 g/mol. The van der Waals surface area contributed by atoms with Crippen molar-refractivity contribution in [2.75, 3.05) is 24.6 Å². The van der Waals surface area contributed by atoms with Crippen molar-refractivity contribution in [2.45, 2.75) is 13.8 Å². The third kappa shape index (κ3) is 5.32. The van der Waals surface area contributed by atoms with E-state index in [1.807, 2.05) is 32.0 Å². The van der Waals surface area contributed by atoms with E-state index in [4.69, 9.17) is 32.7 Å². The number of hydrogen-bond donors (Lipinski definition) is 0. The van der Waals surface area contributed by atoms with Crippen LogP contribution in [0.25, 0.3) is 0 Å². The van der Waals surface area contributed by atoms with Crippen molar-refractivity contribution >= 4 is 35.0 Å². The zero-order chi connectivity index (χ0) is 17.5. The van der Waals surface area contributed by atoms with E-state index in [1.165, 1.54) is 11.6 Å². The number of halogens is 2. The predicted octanol–water partition coefficient (Wildman–Crippen LogP) is 5.34. The molecular weight excluding hydrogens is 349 g/mol. The van der Waals surface area contributed by atoms with Crippen molar-refractivity contribution in [3.05, 3.63) is 58.1 Å². The van der Waals surface area contributed by atoms with Gasteiger partial charge in [-0.15, -0.1) is 0 Å². The Labute approximate surface area is 151 Å². The van der Waals surface area contributed by atoms with Gasteiger partial charge in [-0.05, 0) is 43.7 Å². The Morgan fingerprint density at radius 1 is 1.17 bits per heavy atom. The lowest BCUT2D eigenvalue weighted by Gasteiger charge is -2.23. The topological polar surface area (TPSA) is 38.8 Å². The zero-order valence-corrected chi connectivity index (χ0v) is 15.1. The van der Waals surface area contributed by atoms with Crippen LogP contribution in [0.4, 0.5) is 10.5 Å². The first kappa shape index (κ1) is 18.4. The molecule has 128 valence electrons. The van der Waals surface area contributed by atoms with E-state index in [1.54, 1.807) is 12.1 Å². The number of carbonyl (C=O) groups is 1. The smallest absolute Gasteiger partial charge is 0.432 e. The molecule has 0 aromatic heterocycles. The standard InChI is InChI=1S/C18H19Cl2NO3/c1-3-21(15-6-4-5-13(2)11-15)9-10-23-18(22)24-17-12-14(19)7-8-16(17)20/h4-8,11-12H,3,9-10H2,1-2H3. The van der Waals surface area contributed by atoms with Gasteiger partial charge in [-0.1, -0.05) is 35.3 Å². The molecular formula is C18H19Cl2NO3. The number of ether oxygens (including phenoxy) is 2. The summed E-state index contributed by atoms with van der Waals surface area (Å²) in [5.74, 6) is 0.181. The molecule has 0 unspecified atom stereocenters. The summed E-state index contributed by atoms with van der Waals surface area (Å²) >= 11 is 11.8.